The molecule has 2 N–H and O–H groups in total. The Morgan fingerprint density at radius 3 is 3.00 bits per heavy atom. The second-order valence-electron chi connectivity index (χ2n) is 5.10. The van der Waals surface area contributed by atoms with E-state index in [0.29, 0.717) is 11.2 Å². The van der Waals surface area contributed by atoms with E-state index in [1.54, 1.807) is 0 Å². The summed E-state index contributed by atoms with van der Waals surface area (Å²) in [5, 5.41) is 13.9. The van der Waals surface area contributed by atoms with Crippen molar-refractivity contribution in [2.75, 3.05) is 5.32 Å². The van der Waals surface area contributed by atoms with E-state index in [1.165, 1.54) is 25.7 Å². The summed E-state index contributed by atoms with van der Waals surface area (Å²) in [7, 11) is 0. The first-order chi connectivity index (χ1) is 8.83. The lowest BCUT2D eigenvalue weighted by molar-refractivity contribution is -0.119. The number of nitrogens with zero attached hydrogens (tertiary/aromatic N) is 3. The maximum atomic E-state index is 12.1. The molecule has 2 aliphatic rings. The Kier molecular flexibility index (Phi) is 3.51. The lowest BCUT2D eigenvalue weighted by Crippen LogP contribution is -2.53. The molecule has 1 aromatic rings. The number of carbonyl (C=O) groups is 1. The fraction of sp³-hybridized carbons (Fsp3) is 0.818. The fourth-order valence-corrected chi connectivity index (χ4v) is 3.45. The van der Waals surface area contributed by atoms with Crippen LogP contribution in [0.15, 0.2) is 0 Å². The average molecular weight is 267 g/mol. The summed E-state index contributed by atoms with van der Waals surface area (Å²) in [5.74, 6) is 0.767. The van der Waals surface area contributed by atoms with Crippen LogP contribution in [0.5, 0.6) is 0 Å². The zero-order valence-electron chi connectivity index (χ0n) is 10.1. The quantitative estimate of drug-likeness (QED) is 0.841. The normalized spacial score (nSPS) is 31.7. The van der Waals surface area contributed by atoms with Crippen molar-refractivity contribution in [2.45, 2.75) is 50.6 Å². The van der Waals surface area contributed by atoms with Gasteiger partial charge < -0.3 is 5.32 Å². The Bertz CT molecular complexity index is 410. The van der Waals surface area contributed by atoms with Crippen molar-refractivity contribution < 1.29 is 4.79 Å². The van der Waals surface area contributed by atoms with Crippen LogP contribution in [0.2, 0.25) is 0 Å². The minimum Gasteiger partial charge on any atom is -0.303 e. The van der Waals surface area contributed by atoms with E-state index in [-0.39, 0.29) is 11.9 Å². The predicted octanol–water partition coefficient (Wildman–Crippen LogP) is 1.18. The lowest BCUT2D eigenvalue weighted by Gasteiger charge is -2.39. The SMILES string of the molecule is O=C(Nc1nnns1)C1CCC2CCCCC2N1. The largest absolute Gasteiger partial charge is 0.303 e. The summed E-state index contributed by atoms with van der Waals surface area (Å²) in [6.07, 6.45) is 7.21. The van der Waals surface area contributed by atoms with E-state index in [4.69, 9.17) is 0 Å². The van der Waals surface area contributed by atoms with Crippen LogP contribution in [0.3, 0.4) is 0 Å². The summed E-state index contributed by atoms with van der Waals surface area (Å²) in [6.45, 7) is 0. The zero-order valence-corrected chi connectivity index (χ0v) is 10.9. The molecule has 0 bridgehead atoms. The third-order valence-electron chi connectivity index (χ3n) is 4.00. The second kappa shape index (κ2) is 5.27. The van der Waals surface area contributed by atoms with Crippen molar-refractivity contribution in [1.29, 1.82) is 0 Å². The highest BCUT2D eigenvalue weighted by Gasteiger charge is 2.34. The van der Waals surface area contributed by atoms with Gasteiger partial charge in [-0.05, 0) is 36.8 Å². The maximum Gasteiger partial charge on any atom is 0.243 e. The van der Waals surface area contributed by atoms with Gasteiger partial charge in [-0.25, -0.2) is 0 Å². The molecule has 3 unspecified atom stereocenters. The Morgan fingerprint density at radius 2 is 2.17 bits per heavy atom. The van der Waals surface area contributed by atoms with Gasteiger partial charge in [0.15, 0.2) is 0 Å². The minimum absolute atomic E-state index is 0.00225. The van der Waals surface area contributed by atoms with Crippen molar-refractivity contribution in [3.05, 3.63) is 0 Å². The van der Waals surface area contributed by atoms with Gasteiger partial charge in [0.05, 0.1) is 6.04 Å². The molecular formula is C11H17N5OS. The van der Waals surface area contributed by atoms with Crippen LogP contribution in [0.4, 0.5) is 5.13 Å². The van der Waals surface area contributed by atoms with Crippen LogP contribution in [0.25, 0.3) is 0 Å². The molecule has 1 aliphatic carbocycles. The van der Waals surface area contributed by atoms with Crippen LogP contribution in [0.1, 0.15) is 38.5 Å². The van der Waals surface area contributed by atoms with E-state index in [0.717, 1.165) is 30.3 Å². The van der Waals surface area contributed by atoms with Gasteiger partial charge in [-0.1, -0.05) is 22.4 Å². The van der Waals surface area contributed by atoms with Gasteiger partial charge in [-0.15, -0.1) is 0 Å². The first-order valence-electron chi connectivity index (χ1n) is 6.55. The van der Waals surface area contributed by atoms with E-state index in [2.05, 4.69) is 25.4 Å². The Morgan fingerprint density at radius 1 is 1.28 bits per heavy atom. The number of rotatable bonds is 2. The second-order valence-corrected chi connectivity index (χ2v) is 5.84. The molecule has 1 saturated heterocycles. The molecule has 1 aromatic heterocycles. The molecule has 6 nitrogen and oxygen atoms in total. The van der Waals surface area contributed by atoms with Gasteiger partial charge >= 0.3 is 0 Å². The molecule has 2 fully saturated rings. The number of amides is 1. The molecule has 1 amide bonds. The standard InChI is InChI=1S/C11H17N5OS/c17-10(13-11-14-15-16-18-11)9-6-5-7-3-1-2-4-8(7)12-9/h7-9,12H,1-6H2,(H,13,14,16,17). The fourth-order valence-electron chi connectivity index (χ4n) is 3.08. The highest BCUT2D eigenvalue weighted by atomic mass is 32.1. The highest BCUT2D eigenvalue weighted by molar-refractivity contribution is 7.09. The van der Waals surface area contributed by atoms with Crippen molar-refractivity contribution in [3.8, 4) is 0 Å². The number of aromatic nitrogens is 3. The topological polar surface area (TPSA) is 79.8 Å². The lowest BCUT2D eigenvalue weighted by atomic mass is 9.77. The molecule has 18 heavy (non-hydrogen) atoms. The molecule has 0 aromatic carbocycles. The van der Waals surface area contributed by atoms with E-state index in [9.17, 15) is 4.79 Å². The van der Waals surface area contributed by atoms with Crippen molar-refractivity contribution in [2.24, 2.45) is 5.92 Å². The van der Waals surface area contributed by atoms with Crippen LogP contribution in [0, 0.1) is 5.92 Å². The molecule has 98 valence electrons. The zero-order chi connectivity index (χ0) is 12.4. The Labute approximate surface area is 110 Å². The molecule has 3 rings (SSSR count). The van der Waals surface area contributed by atoms with Gasteiger partial charge in [0.2, 0.25) is 11.0 Å². The van der Waals surface area contributed by atoms with Crippen LogP contribution >= 0.6 is 11.5 Å². The summed E-state index contributed by atoms with van der Waals surface area (Å²) in [4.78, 5) is 12.1. The van der Waals surface area contributed by atoms with Crippen LogP contribution < -0.4 is 10.6 Å². The molecule has 0 spiro atoms. The number of piperidine rings is 1. The van der Waals surface area contributed by atoms with E-state index < -0.39 is 0 Å². The smallest absolute Gasteiger partial charge is 0.243 e. The average Bonchev–Trinajstić information content (AvgIpc) is 2.91. The number of hydrogen-bond donors (Lipinski definition) is 2. The van der Waals surface area contributed by atoms with E-state index in [1.807, 2.05) is 0 Å². The summed E-state index contributed by atoms with van der Waals surface area (Å²) in [5.41, 5.74) is 0. The summed E-state index contributed by atoms with van der Waals surface area (Å²) < 4.78 is 3.63. The number of hydrogen-bond acceptors (Lipinski definition) is 6. The predicted molar refractivity (Wildman–Crippen MR) is 68.2 cm³/mol. The molecule has 1 aliphatic heterocycles. The van der Waals surface area contributed by atoms with Crippen molar-refractivity contribution >= 4 is 22.6 Å². The number of nitrogens with one attached hydrogen (secondary N) is 2. The van der Waals surface area contributed by atoms with Gasteiger partial charge in [0.25, 0.3) is 0 Å². The Balaban J connectivity index is 1.58. The molecule has 2 heterocycles. The first kappa shape index (κ1) is 12.0. The number of anilines is 1. The first-order valence-corrected chi connectivity index (χ1v) is 7.32. The van der Waals surface area contributed by atoms with Gasteiger partial charge in [-0.2, -0.15) is 0 Å². The molecule has 7 heteroatoms. The van der Waals surface area contributed by atoms with Crippen LogP contribution in [-0.2, 0) is 4.79 Å². The molecule has 3 atom stereocenters. The number of carbonyl (C=O) groups excluding carboxylic acids is 1. The third-order valence-corrected chi connectivity index (χ3v) is 4.51. The molecule has 0 radical (unpaired) electrons. The van der Waals surface area contributed by atoms with Crippen molar-refractivity contribution in [1.82, 2.24) is 20.1 Å². The maximum absolute atomic E-state index is 12.1. The van der Waals surface area contributed by atoms with Gasteiger partial charge in [-0.3, -0.25) is 10.1 Å². The molecule has 1 saturated carbocycles. The molecular weight excluding hydrogens is 250 g/mol. The van der Waals surface area contributed by atoms with Crippen molar-refractivity contribution in [3.63, 3.8) is 0 Å². The number of fused-ring (bicyclic) bond motifs is 1. The summed E-state index contributed by atoms with van der Waals surface area (Å²) >= 11 is 1.11. The van der Waals surface area contributed by atoms with Crippen LogP contribution in [-0.4, -0.2) is 32.8 Å². The minimum atomic E-state index is -0.0896. The van der Waals surface area contributed by atoms with E-state index >= 15 is 0 Å². The Hall–Kier alpha value is -1.08. The van der Waals surface area contributed by atoms with Gasteiger partial charge in [0.1, 0.15) is 0 Å². The third kappa shape index (κ3) is 2.51. The highest BCUT2D eigenvalue weighted by Crippen LogP contribution is 2.32. The van der Waals surface area contributed by atoms with Gasteiger partial charge in [0, 0.05) is 17.6 Å². The summed E-state index contributed by atoms with van der Waals surface area (Å²) in [6, 6.07) is 0.434. The monoisotopic (exact) mass is 267 g/mol.